The minimum atomic E-state index is -4.33. The van der Waals surface area contributed by atoms with Crippen LogP contribution in [0, 0.1) is 0 Å². The Morgan fingerprint density at radius 2 is 1.50 bits per heavy atom. The lowest BCUT2D eigenvalue weighted by atomic mass is 10.0. The Hall–Kier alpha value is -2.64. The summed E-state index contributed by atoms with van der Waals surface area (Å²) in [6.07, 6.45) is -2.53. The zero-order valence-electron chi connectivity index (χ0n) is 17.2. The molecule has 0 spiro atoms. The summed E-state index contributed by atoms with van der Waals surface area (Å²) in [5, 5.41) is 9.65. The number of alkyl halides is 3. The van der Waals surface area contributed by atoms with Gasteiger partial charge in [0.1, 0.15) is 12.4 Å². The van der Waals surface area contributed by atoms with Crippen LogP contribution in [0.15, 0.2) is 54.7 Å². The lowest BCUT2D eigenvalue weighted by Crippen LogP contribution is -2.24. The second-order valence-electron chi connectivity index (χ2n) is 7.14. The van der Waals surface area contributed by atoms with E-state index in [0.29, 0.717) is 12.4 Å². The Balaban J connectivity index is 1.78. The number of rotatable bonds is 8. The molecule has 2 aromatic carbocycles. The summed E-state index contributed by atoms with van der Waals surface area (Å²) in [5.41, 5.74) is 2.99. The zero-order valence-corrected chi connectivity index (χ0v) is 17.2. The normalized spacial score (nSPS) is 12.0. The number of aromatic nitrogens is 2. The van der Waals surface area contributed by atoms with Crippen LogP contribution in [-0.2, 0) is 25.9 Å². The average Bonchev–Trinajstić information content (AvgIpc) is 3.13. The first-order valence-corrected chi connectivity index (χ1v) is 9.98. The first-order valence-electron chi connectivity index (χ1n) is 9.98. The van der Waals surface area contributed by atoms with Crippen LogP contribution in [-0.4, -0.2) is 32.6 Å². The van der Waals surface area contributed by atoms with Gasteiger partial charge in [-0.3, -0.25) is 4.90 Å². The highest BCUT2D eigenvalue weighted by molar-refractivity contribution is 5.64. The van der Waals surface area contributed by atoms with Gasteiger partial charge in [0.2, 0.25) is 0 Å². The highest BCUT2D eigenvalue weighted by Gasteiger charge is 2.29. The molecule has 0 saturated heterocycles. The molecule has 0 amide bonds. The summed E-state index contributed by atoms with van der Waals surface area (Å²) in [5.74, 6) is 0.615. The molecule has 1 heterocycles. The quantitative estimate of drug-likeness (QED) is 0.564. The molecular weight excluding hydrogens is 391 g/mol. The molecule has 160 valence electrons. The highest BCUT2D eigenvalue weighted by Crippen LogP contribution is 2.31. The van der Waals surface area contributed by atoms with Crippen LogP contribution < -0.4 is 0 Å². The Morgan fingerprint density at radius 3 is 2.00 bits per heavy atom. The van der Waals surface area contributed by atoms with Crippen molar-refractivity contribution in [2.75, 3.05) is 13.1 Å². The molecule has 0 aliphatic heterocycles. The summed E-state index contributed by atoms with van der Waals surface area (Å²) < 4.78 is 40.3. The van der Waals surface area contributed by atoms with E-state index in [1.54, 1.807) is 6.20 Å². The second-order valence-corrected chi connectivity index (χ2v) is 7.14. The molecule has 0 radical (unpaired) electrons. The molecule has 0 saturated carbocycles. The van der Waals surface area contributed by atoms with E-state index < -0.39 is 11.7 Å². The summed E-state index contributed by atoms with van der Waals surface area (Å²) in [6, 6.07) is 12.9. The van der Waals surface area contributed by atoms with Crippen LogP contribution in [0.4, 0.5) is 13.2 Å². The number of halogens is 3. The van der Waals surface area contributed by atoms with Crippen LogP contribution in [0.25, 0.3) is 11.1 Å². The summed E-state index contributed by atoms with van der Waals surface area (Å²) >= 11 is 0. The Kier molecular flexibility index (Phi) is 6.95. The Morgan fingerprint density at radius 1 is 0.933 bits per heavy atom. The molecule has 3 rings (SSSR count). The predicted octanol–water partition coefficient (Wildman–Crippen LogP) is 4.95. The molecule has 7 heteroatoms. The van der Waals surface area contributed by atoms with Crippen molar-refractivity contribution >= 4 is 0 Å². The van der Waals surface area contributed by atoms with Gasteiger partial charge in [-0.25, -0.2) is 4.98 Å². The minimum absolute atomic E-state index is 0.137. The SMILES string of the molecule is CCN(CC)Cc1cnc(CO)n1Cc1ccc(-c2ccc(C(F)(F)F)cc2)cc1. The maximum atomic E-state index is 12.7. The molecule has 4 nitrogen and oxygen atoms in total. The van der Waals surface area contributed by atoms with Crippen molar-refractivity contribution in [1.29, 1.82) is 0 Å². The molecule has 0 bridgehead atoms. The molecule has 1 N–H and O–H groups in total. The topological polar surface area (TPSA) is 41.3 Å². The van der Waals surface area contributed by atoms with E-state index in [0.717, 1.165) is 54.2 Å². The van der Waals surface area contributed by atoms with Gasteiger partial charge < -0.3 is 9.67 Å². The van der Waals surface area contributed by atoms with Gasteiger partial charge in [-0.15, -0.1) is 0 Å². The zero-order chi connectivity index (χ0) is 21.7. The van der Waals surface area contributed by atoms with Gasteiger partial charge in [0.15, 0.2) is 0 Å². The smallest absolute Gasteiger partial charge is 0.388 e. The fraction of sp³-hybridized carbons (Fsp3) is 0.348. The molecule has 0 fully saturated rings. The van der Waals surface area contributed by atoms with Crippen molar-refractivity contribution in [1.82, 2.24) is 14.5 Å². The van der Waals surface area contributed by atoms with Crippen LogP contribution in [0.2, 0.25) is 0 Å². The maximum absolute atomic E-state index is 12.7. The van der Waals surface area contributed by atoms with Gasteiger partial charge in [0.05, 0.1) is 11.3 Å². The van der Waals surface area contributed by atoms with E-state index >= 15 is 0 Å². The molecular formula is C23H26F3N3O. The fourth-order valence-electron chi connectivity index (χ4n) is 3.41. The van der Waals surface area contributed by atoms with Gasteiger partial charge >= 0.3 is 6.18 Å². The third kappa shape index (κ3) is 5.09. The van der Waals surface area contributed by atoms with Crippen molar-refractivity contribution in [2.45, 2.75) is 39.7 Å². The van der Waals surface area contributed by atoms with Gasteiger partial charge in [0, 0.05) is 19.3 Å². The Bertz CT molecular complexity index is 943. The number of hydrogen-bond donors (Lipinski definition) is 1. The Labute approximate surface area is 174 Å². The lowest BCUT2D eigenvalue weighted by Gasteiger charge is -2.19. The van der Waals surface area contributed by atoms with Crippen molar-refractivity contribution in [3.8, 4) is 11.1 Å². The fourth-order valence-corrected chi connectivity index (χ4v) is 3.41. The number of nitrogens with zero attached hydrogens (tertiary/aromatic N) is 3. The number of hydrogen-bond acceptors (Lipinski definition) is 3. The van der Waals surface area contributed by atoms with Gasteiger partial charge in [0.25, 0.3) is 0 Å². The third-order valence-corrected chi connectivity index (χ3v) is 5.28. The molecule has 0 unspecified atom stereocenters. The molecule has 1 aromatic heterocycles. The van der Waals surface area contributed by atoms with Gasteiger partial charge in [-0.1, -0.05) is 50.2 Å². The van der Waals surface area contributed by atoms with Crippen LogP contribution >= 0.6 is 0 Å². The summed E-state index contributed by atoms with van der Waals surface area (Å²) in [4.78, 5) is 6.62. The first kappa shape index (κ1) is 22.1. The monoisotopic (exact) mass is 417 g/mol. The second kappa shape index (κ2) is 9.45. The van der Waals surface area contributed by atoms with Crippen molar-refractivity contribution in [2.24, 2.45) is 0 Å². The molecule has 0 aliphatic carbocycles. The molecule has 0 atom stereocenters. The van der Waals surface area contributed by atoms with Gasteiger partial charge in [-0.05, 0) is 41.9 Å². The van der Waals surface area contributed by atoms with Crippen LogP contribution in [0.1, 0.15) is 36.5 Å². The van der Waals surface area contributed by atoms with E-state index in [1.165, 1.54) is 12.1 Å². The third-order valence-electron chi connectivity index (χ3n) is 5.28. The number of aliphatic hydroxyl groups is 1. The first-order chi connectivity index (χ1) is 14.4. The standard InChI is InChI=1S/C23H26F3N3O/c1-3-28(4-2)15-21-13-27-22(16-30)29(21)14-17-5-7-18(8-6-17)19-9-11-20(12-10-19)23(24,25)26/h5-13,30H,3-4,14-16H2,1-2H3. The van der Waals surface area contributed by atoms with E-state index in [9.17, 15) is 18.3 Å². The predicted molar refractivity (Wildman–Crippen MR) is 111 cm³/mol. The van der Waals surface area contributed by atoms with Crippen molar-refractivity contribution in [3.05, 3.63) is 77.4 Å². The highest BCUT2D eigenvalue weighted by atomic mass is 19.4. The summed E-state index contributed by atoms with van der Waals surface area (Å²) in [6.45, 7) is 7.26. The van der Waals surface area contributed by atoms with E-state index in [4.69, 9.17) is 0 Å². The minimum Gasteiger partial charge on any atom is -0.388 e. The van der Waals surface area contributed by atoms with Crippen molar-refractivity contribution in [3.63, 3.8) is 0 Å². The van der Waals surface area contributed by atoms with E-state index in [2.05, 4.69) is 23.7 Å². The largest absolute Gasteiger partial charge is 0.416 e. The van der Waals surface area contributed by atoms with E-state index in [1.807, 2.05) is 28.8 Å². The van der Waals surface area contributed by atoms with Crippen LogP contribution in [0.5, 0.6) is 0 Å². The van der Waals surface area contributed by atoms with E-state index in [-0.39, 0.29) is 6.61 Å². The average molecular weight is 417 g/mol. The maximum Gasteiger partial charge on any atom is 0.416 e. The molecule has 0 aliphatic rings. The molecule has 3 aromatic rings. The van der Waals surface area contributed by atoms with Gasteiger partial charge in [-0.2, -0.15) is 13.2 Å². The van der Waals surface area contributed by atoms with Crippen molar-refractivity contribution < 1.29 is 18.3 Å². The number of aliphatic hydroxyl groups excluding tert-OH is 1. The van der Waals surface area contributed by atoms with Crippen LogP contribution in [0.3, 0.4) is 0 Å². The summed E-state index contributed by atoms with van der Waals surface area (Å²) in [7, 11) is 0. The molecule has 30 heavy (non-hydrogen) atoms. The lowest BCUT2D eigenvalue weighted by molar-refractivity contribution is -0.137. The number of imidazole rings is 1. The number of benzene rings is 2.